The summed E-state index contributed by atoms with van der Waals surface area (Å²) in [6.07, 6.45) is 9.52. The van der Waals surface area contributed by atoms with Crippen molar-refractivity contribution in [3.05, 3.63) is 0 Å². The van der Waals surface area contributed by atoms with E-state index < -0.39 is 0 Å². The summed E-state index contributed by atoms with van der Waals surface area (Å²) < 4.78 is 0. The fraction of sp³-hybridized carbons (Fsp3) is 0.933. The number of hydrogen-bond acceptors (Lipinski definition) is 1. The molecule has 0 heterocycles. The molecule has 0 aromatic rings. The summed E-state index contributed by atoms with van der Waals surface area (Å²) in [5.41, 5.74) is 0. The molecule has 0 aromatic carbocycles. The normalized spacial score (nSPS) is 50.4. The van der Waals surface area contributed by atoms with Gasteiger partial charge < -0.3 is 5.32 Å². The highest BCUT2D eigenvalue weighted by Crippen LogP contribution is 2.54. The van der Waals surface area contributed by atoms with Crippen molar-refractivity contribution in [3.8, 4) is 0 Å². The lowest BCUT2D eigenvalue weighted by Gasteiger charge is -2.23. The van der Waals surface area contributed by atoms with E-state index in [1.165, 1.54) is 44.9 Å². The van der Waals surface area contributed by atoms with E-state index >= 15 is 0 Å². The fourth-order valence-electron chi connectivity index (χ4n) is 4.93. The summed E-state index contributed by atoms with van der Waals surface area (Å²) >= 11 is 0. The summed E-state index contributed by atoms with van der Waals surface area (Å²) in [6.45, 7) is 0.978. The van der Waals surface area contributed by atoms with Gasteiger partial charge in [-0.2, -0.15) is 0 Å². The maximum absolute atomic E-state index is 12.1. The average Bonchev–Trinajstić information content (AvgIpc) is 2.80. The lowest BCUT2D eigenvalue weighted by molar-refractivity contribution is -0.125. The van der Waals surface area contributed by atoms with Crippen molar-refractivity contribution < 1.29 is 4.79 Å². The summed E-state index contributed by atoms with van der Waals surface area (Å²) in [5.74, 6) is 5.35. The van der Waals surface area contributed by atoms with Gasteiger partial charge in [0.15, 0.2) is 0 Å². The molecule has 4 aliphatic rings. The molecule has 2 bridgehead atoms. The molecule has 0 aliphatic heterocycles. The Morgan fingerprint density at radius 1 is 0.941 bits per heavy atom. The van der Waals surface area contributed by atoms with Crippen LogP contribution in [0.3, 0.4) is 0 Å². The third kappa shape index (κ3) is 1.80. The maximum Gasteiger partial charge on any atom is 0.223 e. The van der Waals surface area contributed by atoms with Gasteiger partial charge in [0.2, 0.25) is 5.91 Å². The van der Waals surface area contributed by atoms with Crippen molar-refractivity contribution in [2.45, 2.75) is 44.9 Å². The minimum Gasteiger partial charge on any atom is -0.356 e. The Bertz CT molecular complexity index is 330. The predicted molar refractivity (Wildman–Crippen MR) is 66.3 cm³/mol. The van der Waals surface area contributed by atoms with Gasteiger partial charge in [-0.05, 0) is 68.1 Å². The molecule has 0 spiro atoms. The van der Waals surface area contributed by atoms with Gasteiger partial charge in [0.05, 0.1) is 0 Å². The van der Waals surface area contributed by atoms with E-state index in [0.29, 0.717) is 11.8 Å². The lowest BCUT2D eigenvalue weighted by Crippen LogP contribution is -2.35. The molecule has 4 aliphatic carbocycles. The van der Waals surface area contributed by atoms with Crippen molar-refractivity contribution in [1.82, 2.24) is 5.32 Å². The number of carbonyl (C=O) groups is 1. The Kier molecular flexibility index (Phi) is 2.28. The zero-order valence-corrected chi connectivity index (χ0v) is 10.5. The van der Waals surface area contributed by atoms with E-state index in [2.05, 4.69) is 5.32 Å². The van der Waals surface area contributed by atoms with Crippen LogP contribution in [0, 0.1) is 35.5 Å². The highest BCUT2D eigenvalue weighted by Gasteiger charge is 2.48. The summed E-state index contributed by atoms with van der Waals surface area (Å²) in [6, 6.07) is 0. The smallest absolute Gasteiger partial charge is 0.223 e. The monoisotopic (exact) mass is 233 g/mol. The van der Waals surface area contributed by atoms with E-state index in [9.17, 15) is 4.79 Å². The van der Waals surface area contributed by atoms with Crippen LogP contribution >= 0.6 is 0 Å². The molecule has 4 saturated carbocycles. The molecule has 0 radical (unpaired) electrons. The first-order valence-electron chi connectivity index (χ1n) is 7.57. The van der Waals surface area contributed by atoms with Crippen LogP contribution in [0.4, 0.5) is 0 Å². The van der Waals surface area contributed by atoms with Crippen LogP contribution in [0.2, 0.25) is 0 Å². The minimum absolute atomic E-state index is 0.373. The third-order valence-electron chi connectivity index (χ3n) is 6.04. The highest BCUT2D eigenvalue weighted by atomic mass is 16.1. The third-order valence-corrected chi connectivity index (χ3v) is 6.04. The van der Waals surface area contributed by atoms with Crippen molar-refractivity contribution in [2.75, 3.05) is 6.54 Å². The Balaban J connectivity index is 1.26. The lowest BCUT2D eigenvalue weighted by atomic mass is 9.88. The van der Waals surface area contributed by atoms with E-state index in [0.717, 1.165) is 36.1 Å². The fourth-order valence-corrected chi connectivity index (χ4v) is 4.93. The van der Waals surface area contributed by atoms with Crippen molar-refractivity contribution in [3.63, 3.8) is 0 Å². The van der Waals surface area contributed by atoms with Crippen molar-refractivity contribution in [2.24, 2.45) is 35.5 Å². The van der Waals surface area contributed by atoms with Gasteiger partial charge in [-0.1, -0.05) is 6.42 Å². The number of amides is 1. The summed E-state index contributed by atoms with van der Waals surface area (Å²) in [7, 11) is 0. The van der Waals surface area contributed by atoms with Gasteiger partial charge in [0.25, 0.3) is 0 Å². The molecule has 5 unspecified atom stereocenters. The van der Waals surface area contributed by atoms with Crippen molar-refractivity contribution >= 4 is 5.91 Å². The zero-order chi connectivity index (χ0) is 11.4. The van der Waals surface area contributed by atoms with E-state index in [-0.39, 0.29) is 0 Å². The molecular formula is C15H23NO. The molecule has 5 atom stereocenters. The maximum atomic E-state index is 12.1. The second kappa shape index (κ2) is 3.73. The Morgan fingerprint density at radius 3 is 2.41 bits per heavy atom. The second-order valence-corrected chi connectivity index (χ2v) is 7.10. The molecule has 2 nitrogen and oxygen atoms in total. The van der Waals surface area contributed by atoms with Gasteiger partial charge in [0.1, 0.15) is 0 Å². The van der Waals surface area contributed by atoms with E-state index in [1.807, 2.05) is 0 Å². The van der Waals surface area contributed by atoms with Crippen LogP contribution in [0.1, 0.15) is 44.9 Å². The van der Waals surface area contributed by atoms with Crippen molar-refractivity contribution in [1.29, 1.82) is 0 Å². The topological polar surface area (TPSA) is 29.1 Å². The van der Waals surface area contributed by atoms with Gasteiger partial charge in [-0.25, -0.2) is 0 Å². The van der Waals surface area contributed by atoms with Crippen LogP contribution in [0.15, 0.2) is 0 Å². The van der Waals surface area contributed by atoms with E-state index in [4.69, 9.17) is 0 Å². The van der Waals surface area contributed by atoms with Gasteiger partial charge in [-0.3, -0.25) is 4.79 Å². The standard InChI is InChI=1S/C15H23NO/c17-15(13-6-11-5-12(11)7-13)16-8-14-4-9-1-2-10(14)3-9/h9-14H,1-8H2,(H,16,17). The van der Waals surface area contributed by atoms with Crippen LogP contribution in [-0.4, -0.2) is 12.5 Å². The Labute approximate surface area is 104 Å². The van der Waals surface area contributed by atoms with Gasteiger partial charge in [-0.15, -0.1) is 0 Å². The first-order chi connectivity index (χ1) is 8.29. The second-order valence-electron chi connectivity index (χ2n) is 7.10. The highest BCUT2D eigenvalue weighted by molar-refractivity contribution is 5.79. The number of hydrogen-bond donors (Lipinski definition) is 1. The Hall–Kier alpha value is -0.530. The van der Waals surface area contributed by atoms with Crippen LogP contribution in [0.25, 0.3) is 0 Å². The molecule has 94 valence electrons. The SMILES string of the molecule is O=C(NCC1CC2CCC1C2)C1CC2CC2C1. The molecule has 4 rings (SSSR count). The first kappa shape index (κ1) is 10.4. The molecule has 1 amide bonds. The number of rotatable bonds is 3. The molecular weight excluding hydrogens is 210 g/mol. The Morgan fingerprint density at radius 2 is 1.76 bits per heavy atom. The number of fused-ring (bicyclic) bond motifs is 3. The average molecular weight is 233 g/mol. The number of carbonyl (C=O) groups excluding carboxylic acids is 1. The molecule has 0 aromatic heterocycles. The van der Waals surface area contributed by atoms with Crippen LogP contribution in [-0.2, 0) is 4.79 Å². The minimum atomic E-state index is 0.373. The van der Waals surface area contributed by atoms with E-state index in [1.54, 1.807) is 0 Å². The van der Waals surface area contributed by atoms with Crippen LogP contribution < -0.4 is 5.32 Å². The zero-order valence-electron chi connectivity index (χ0n) is 10.5. The summed E-state index contributed by atoms with van der Waals surface area (Å²) in [5, 5.41) is 3.25. The molecule has 0 saturated heterocycles. The van der Waals surface area contributed by atoms with Gasteiger partial charge in [0, 0.05) is 12.5 Å². The van der Waals surface area contributed by atoms with Crippen LogP contribution in [0.5, 0.6) is 0 Å². The molecule has 2 heteroatoms. The molecule has 1 N–H and O–H groups in total. The quantitative estimate of drug-likeness (QED) is 0.797. The largest absolute Gasteiger partial charge is 0.356 e. The number of nitrogens with one attached hydrogen (secondary N) is 1. The molecule has 4 fully saturated rings. The first-order valence-corrected chi connectivity index (χ1v) is 7.57. The predicted octanol–water partition coefficient (Wildman–Crippen LogP) is 2.58. The molecule has 17 heavy (non-hydrogen) atoms. The summed E-state index contributed by atoms with van der Waals surface area (Å²) in [4.78, 5) is 12.1. The van der Waals surface area contributed by atoms with Gasteiger partial charge >= 0.3 is 0 Å².